The lowest BCUT2D eigenvalue weighted by atomic mass is 9.34. The fraction of sp³-hybridized carbons (Fsp3) is 0.231. The molecule has 1 heteroatoms. The zero-order valence-electron chi connectivity index (χ0n) is 17.3. The van der Waals surface area contributed by atoms with E-state index < -0.39 is 0 Å². The van der Waals surface area contributed by atoms with Gasteiger partial charge in [-0.25, -0.2) is 0 Å². The number of aryl methyl sites for hydroxylation is 6. The van der Waals surface area contributed by atoms with Crippen molar-refractivity contribution >= 4 is 23.1 Å². The Morgan fingerprint density at radius 2 is 1.11 bits per heavy atom. The van der Waals surface area contributed by atoms with Crippen LogP contribution in [0.2, 0.25) is 0 Å². The summed E-state index contributed by atoms with van der Waals surface area (Å²) in [7, 11) is 0. The SMILES string of the molecule is C#Cc1cccc(B(c2c(C)cc(C)cc2C)c2c(C)cc(C)cc2C)c1. The average Bonchev–Trinajstić information content (AvgIpc) is 2.58. The van der Waals surface area contributed by atoms with Crippen molar-refractivity contribution in [2.45, 2.75) is 41.5 Å². The van der Waals surface area contributed by atoms with Crippen LogP contribution in [0, 0.1) is 53.9 Å². The number of hydrogen-bond acceptors (Lipinski definition) is 0. The minimum absolute atomic E-state index is 0.180. The van der Waals surface area contributed by atoms with E-state index in [-0.39, 0.29) is 6.71 Å². The Kier molecular flexibility index (Phi) is 5.29. The van der Waals surface area contributed by atoms with Crippen LogP contribution in [0.3, 0.4) is 0 Å². The van der Waals surface area contributed by atoms with Gasteiger partial charge in [0, 0.05) is 5.56 Å². The topological polar surface area (TPSA) is 0 Å². The fourth-order valence-corrected chi connectivity index (χ4v) is 4.58. The Bertz CT molecular complexity index is 947. The molecule has 0 atom stereocenters. The van der Waals surface area contributed by atoms with E-state index in [4.69, 9.17) is 6.42 Å². The molecular weight excluding hydrogens is 323 g/mol. The van der Waals surface area contributed by atoms with Gasteiger partial charge in [-0.2, -0.15) is 0 Å². The number of terminal acetylenes is 1. The van der Waals surface area contributed by atoms with E-state index in [9.17, 15) is 0 Å². The molecule has 0 aliphatic heterocycles. The third-order valence-electron chi connectivity index (χ3n) is 5.44. The zero-order chi connectivity index (χ0) is 19.7. The van der Waals surface area contributed by atoms with Crippen molar-refractivity contribution in [3.8, 4) is 12.3 Å². The van der Waals surface area contributed by atoms with Crippen molar-refractivity contribution in [1.82, 2.24) is 0 Å². The third-order valence-corrected chi connectivity index (χ3v) is 5.44. The van der Waals surface area contributed by atoms with E-state index in [0.29, 0.717) is 0 Å². The molecule has 3 aromatic carbocycles. The van der Waals surface area contributed by atoms with Crippen LogP contribution < -0.4 is 16.4 Å². The van der Waals surface area contributed by atoms with E-state index in [2.05, 4.69) is 89.9 Å². The summed E-state index contributed by atoms with van der Waals surface area (Å²) < 4.78 is 0. The summed E-state index contributed by atoms with van der Waals surface area (Å²) in [6.07, 6.45) is 5.71. The molecule has 0 amide bonds. The minimum atomic E-state index is 0.180. The summed E-state index contributed by atoms with van der Waals surface area (Å²) in [4.78, 5) is 0. The van der Waals surface area contributed by atoms with Gasteiger partial charge in [-0.15, -0.1) is 6.42 Å². The van der Waals surface area contributed by atoms with Crippen molar-refractivity contribution in [2.75, 3.05) is 0 Å². The maximum Gasteiger partial charge on any atom is 0.242 e. The lowest BCUT2D eigenvalue weighted by Crippen LogP contribution is -2.55. The molecule has 0 aliphatic carbocycles. The van der Waals surface area contributed by atoms with Gasteiger partial charge in [0.2, 0.25) is 6.71 Å². The van der Waals surface area contributed by atoms with E-state index >= 15 is 0 Å². The molecule has 0 saturated carbocycles. The van der Waals surface area contributed by atoms with Gasteiger partial charge in [0.15, 0.2) is 0 Å². The molecule has 0 bridgehead atoms. The molecule has 0 nitrogen and oxygen atoms in total. The summed E-state index contributed by atoms with van der Waals surface area (Å²) in [6.45, 7) is 13.4. The zero-order valence-corrected chi connectivity index (χ0v) is 17.3. The Morgan fingerprint density at radius 3 is 1.52 bits per heavy atom. The Hall–Kier alpha value is -2.72. The van der Waals surface area contributed by atoms with Crippen LogP contribution in [0.15, 0.2) is 48.5 Å². The molecular formula is C26H27B. The first-order chi connectivity index (χ1) is 12.8. The van der Waals surface area contributed by atoms with Crippen molar-refractivity contribution in [3.05, 3.63) is 87.5 Å². The summed E-state index contributed by atoms with van der Waals surface area (Å²) in [5.41, 5.74) is 12.9. The minimum Gasteiger partial charge on any atom is -0.115 e. The molecule has 3 aromatic rings. The second-order valence-electron chi connectivity index (χ2n) is 7.83. The third kappa shape index (κ3) is 3.72. The highest BCUT2D eigenvalue weighted by molar-refractivity contribution is 6.96. The number of rotatable bonds is 3. The standard InChI is InChI=1S/C26H27B/c1-8-23-10-9-11-24(16-23)27(25-19(4)12-17(2)13-20(25)5)26-21(6)14-18(3)15-22(26)7/h1,9-16H,2-7H3. The van der Waals surface area contributed by atoms with Crippen LogP contribution >= 0.6 is 0 Å². The first-order valence-electron chi connectivity index (χ1n) is 9.54. The smallest absolute Gasteiger partial charge is 0.115 e. The second kappa shape index (κ2) is 7.49. The second-order valence-corrected chi connectivity index (χ2v) is 7.83. The highest BCUT2D eigenvalue weighted by Crippen LogP contribution is 2.13. The molecule has 0 aromatic heterocycles. The van der Waals surface area contributed by atoms with Crippen LogP contribution in [-0.2, 0) is 0 Å². The molecule has 27 heavy (non-hydrogen) atoms. The molecule has 3 rings (SSSR count). The van der Waals surface area contributed by atoms with Crippen molar-refractivity contribution in [1.29, 1.82) is 0 Å². The summed E-state index contributed by atoms with van der Waals surface area (Å²) in [5.74, 6) is 2.80. The fourth-order valence-electron chi connectivity index (χ4n) is 4.58. The number of hydrogen-bond donors (Lipinski definition) is 0. The highest BCUT2D eigenvalue weighted by atomic mass is 14.1. The predicted molar refractivity (Wildman–Crippen MR) is 120 cm³/mol. The quantitative estimate of drug-likeness (QED) is 0.494. The van der Waals surface area contributed by atoms with Crippen LogP contribution in [0.5, 0.6) is 0 Å². The molecule has 0 fully saturated rings. The summed E-state index contributed by atoms with van der Waals surface area (Å²) in [6, 6.07) is 17.6. The van der Waals surface area contributed by atoms with Crippen molar-refractivity contribution in [2.24, 2.45) is 0 Å². The van der Waals surface area contributed by atoms with Gasteiger partial charge in [0.1, 0.15) is 0 Å². The predicted octanol–water partition coefficient (Wildman–Crippen LogP) is 4.03. The first-order valence-corrected chi connectivity index (χ1v) is 9.54. The van der Waals surface area contributed by atoms with Crippen LogP contribution in [-0.4, -0.2) is 6.71 Å². The van der Waals surface area contributed by atoms with Crippen LogP contribution in [0.25, 0.3) is 0 Å². The molecule has 0 heterocycles. The highest BCUT2D eigenvalue weighted by Gasteiger charge is 2.28. The van der Waals surface area contributed by atoms with Crippen LogP contribution in [0.1, 0.15) is 38.9 Å². The lowest BCUT2D eigenvalue weighted by molar-refractivity contribution is 1.34. The largest absolute Gasteiger partial charge is 0.242 e. The number of benzene rings is 3. The van der Waals surface area contributed by atoms with E-state index in [1.165, 1.54) is 49.8 Å². The Morgan fingerprint density at radius 1 is 0.667 bits per heavy atom. The first kappa shape index (κ1) is 19.1. The Labute approximate surface area is 164 Å². The van der Waals surface area contributed by atoms with Gasteiger partial charge in [0.25, 0.3) is 0 Å². The van der Waals surface area contributed by atoms with Gasteiger partial charge in [-0.05, 0) is 47.6 Å². The normalized spacial score (nSPS) is 10.6. The van der Waals surface area contributed by atoms with Gasteiger partial charge < -0.3 is 0 Å². The van der Waals surface area contributed by atoms with E-state index in [1.54, 1.807) is 0 Å². The molecule has 0 unspecified atom stereocenters. The van der Waals surface area contributed by atoms with Gasteiger partial charge in [0.05, 0.1) is 0 Å². The van der Waals surface area contributed by atoms with E-state index in [1.807, 2.05) is 6.07 Å². The molecule has 0 spiro atoms. The van der Waals surface area contributed by atoms with Crippen LogP contribution in [0.4, 0.5) is 0 Å². The van der Waals surface area contributed by atoms with Crippen molar-refractivity contribution < 1.29 is 0 Å². The monoisotopic (exact) mass is 350 g/mol. The molecule has 134 valence electrons. The molecule has 0 saturated heterocycles. The van der Waals surface area contributed by atoms with Crippen molar-refractivity contribution in [3.63, 3.8) is 0 Å². The molecule has 0 aliphatic rings. The summed E-state index contributed by atoms with van der Waals surface area (Å²) >= 11 is 0. The maximum absolute atomic E-state index is 5.71. The Balaban J connectivity index is 2.37. The average molecular weight is 350 g/mol. The lowest BCUT2D eigenvalue weighted by Gasteiger charge is -2.24. The maximum atomic E-state index is 5.71. The van der Waals surface area contributed by atoms with E-state index in [0.717, 1.165) is 5.56 Å². The van der Waals surface area contributed by atoms with Gasteiger partial charge in [-0.3, -0.25) is 0 Å². The van der Waals surface area contributed by atoms with Gasteiger partial charge >= 0.3 is 0 Å². The summed E-state index contributed by atoms with van der Waals surface area (Å²) in [5, 5.41) is 0. The molecule has 0 radical (unpaired) electrons. The molecule has 0 N–H and O–H groups in total. The van der Waals surface area contributed by atoms with Gasteiger partial charge in [-0.1, -0.05) is 98.2 Å².